The predicted molar refractivity (Wildman–Crippen MR) is 369 cm³/mol. The number of nitrogens with two attached hydrogens (primary N) is 6. The number of hydrogen-bond donors (Lipinski definition) is 8. The van der Waals surface area contributed by atoms with Gasteiger partial charge in [-0.05, 0) is 131 Å². The smallest absolute Gasteiger partial charge is 0.235 e. The van der Waals surface area contributed by atoms with Gasteiger partial charge in [-0.25, -0.2) is 25.3 Å². The molecule has 0 radical (unpaired) electrons. The maximum atomic E-state index is 15.0. The number of unbranched alkanes of at least 4 members (excludes halogenated alkanes) is 4. The highest BCUT2D eigenvalue weighted by Crippen LogP contribution is 2.25. The molecule has 0 bridgehead atoms. The number of hydrogen-bond acceptors (Lipinski definition) is 18. The van der Waals surface area contributed by atoms with Gasteiger partial charge < -0.3 is 45.0 Å². The second-order valence-corrected chi connectivity index (χ2v) is 30.7. The van der Waals surface area contributed by atoms with Gasteiger partial charge in [0.1, 0.15) is 17.3 Å². The Morgan fingerprint density at radius 3 is 1.37 bits per heavy atom. The van der Waals surface area contributed by atoms with Crippen molar-refractivity contribution < 1.29 is 54.0 Å². The van der Waals surface area contributed by atoms with Gasteiger partial charge in [-0.3, -0.25) is 28.8 Å². The molecule has 0 heterocycles. The lowest BCUT2D eigenvalue weighted by Crippen LogP contribution is -2.52. The molecule has 0 unspecified atom stereocenters. The molecule has 0 aliphatic rings. The van der Waals surface area contributed by atoms with E-state index in [0.29, 0.717) is 100 Å². The number of sulfonamides is 3. The average Bonchev–Trinajstić information content (AvgIpc) is 0.846. The molecule has 4 rings (SSSR count). The predicted octanol–water partition coefficient (Wildman–Crippen LogP) is 3.85. The fraction of sp³-hybridized carbons (Fsp3) is 0.559. The fourth-order valence-corrected chi connectivity index (χ4v) is 15.9. The molecule has 522 valence electrons. The van der Waals surface area contributed by atoms with E-state index in [-0.39, 0.29) is 70.6 Å². The SMILES string of the molecule is CC(=O)CN(C[C@H](CCCCN)CC(=O)[C@H](Cc1ccccc1)NC(=O)CN(C[C@H](CCCCN)NC(=O)[C@H](CCCCN)CC(=O)CN(C[C@@H](CC(=O)[C@@H](N)CCCCN)Cc1ccccc1)S(=O)(=O)Cc1ccccc1)S(=O)(=O)Cc1ccccc1)S(=O)(=O)CCN. The van der Waals surface area contributed by atoms with Gasteiger partial charge in [-0.1, -0.05) is 147 Å². The van der Waals surface area contributed by atoms with Crippen LogP contribution in [0.5, 0.6) is 0 Å². The summed E-state index contributed by atoms with van der Waals surface area (Å²) < 4.78 is 89.1. The third-order valence-corrected chi connectivity index (χ3v) is 21.7. The summed E-state index contributed by atoms with van der Waals surface area (Å²) in [6.45, 7) is -0.316. The Balaban J connectivity index is 1.72. The standard InChI is InChI=1S/C68H105N11O12S3/c1-53(80)45-77(92(86,87)39-38-73)46-58(30-14-18-34-69)42-66(83)64(41-55-24-8-3-9-25-55)76-67(84)50-79(94(90,91)52-57-28-12-5-13-29-57)48-61(32-16-20-36-71)75-68(85)60(31-15-19-35-70)44-62(81)49-78(93(88,89)51-56-26-10-4-11-27-56)47-59(40-54-22-6-2-7-23-54)43-65(82)63(74)33-17-21-37-72/h2-13,22-29,58-61,63-64H,14-21,30-52,69-74H2,1H3,(H,75,85)(H,76,84)/t58-,59-,60-,61+,63+,64+/m1/s1. The van der Waals surface area contributed by atoms with Crippen LogP contribution in [0.25, 0.3) is 0 Å². The number of nitrogens with zero attached hydrogens (tertiary/aromatic N) is 3. The van der Waals surface area contributed by atoms with Crippen LogP contribution in [-0.2, 0) is 83.2 Å². The van der Waals surface area contributed by atoms with E-state index in [0.717, 1.165) is 18.5 Å². The van der Waals surface area contributed by atoms with E-state index < -0.39 is 145 Å². The van der Waals surface area contributed by atoms with Crippen molar-refractivity contribution in [1.82, 2.24) is 23.5 Å². The zero-order valence-corrected chi connectivity index (χ0v) is 57.3. The molecule has 4 aromatic rings. The number of carbonyl (C=O) groups is 6. The number of rotatable bonds is 52. The molecule has 94 heavy (non-hydrogen) atoms. The zero-order chi connectivity index (χ0) is 68.9. The third-order valence-electron chi connectivity index (χ3n) is 16.4. The fourth-order valence-electron chi connectivity index (χ4n) is 11.4. The molecular formula is C68H105N11O12S3. The molecule has 14 N–H and O–H groups in total. The van der Waals surface area contributed by atoms with Crippen LogP contribution < -0.4 is 45.0 Å². The Hall–Kier alpha value is -6.01. The van der Waals surface area contributed by atoms with Crippen molar-refractivity contribution in [1.29, 1.82) is 0 Å². The first-order chi connectivity index (χ1) is 44.9. The molecular weight excluding hydrogens is 1260 g/mol. The molecule has 23 nitrogen and oxygen atoms in total. The molecule has 0 fully saturated rings. The van der Waals surface area contributed by atoms with Crippen molar-refractivity contribution in [2.75, 3.05) is 77.7 Å². The molecule has 4 aromatic carbocycles. The second kappa shape index (κ2) is 43.2. The first-order valence-corrected chi connectivity index (χ1v) is 37.8. The Bertz CT molecular complexity index is 3250. The van der Waals surface area contributed by atoms with Gasteiger partial charge in [0.2, 0.25) is 41.9 Å². The number of nitrogens with one attached hydrogen (secondary N) is 2. The van der Waals surface area contributed by atoms with E-state index in [9.17, 15) is 54.0 Å². The van der Waals surface area contributed by atoms with E-state index in [1.54, 1.807) is 91.0 Å². The van der Waals surface area contributed by atoms with Crippen LogP contribution in [0.3, 0.4) is 0 Å². The molecule has 0 spiro atoms. The van der Waals surface area contributed by atoms with Crippen LogP contribution in [-0.4, -0.2) is 169 Å². The number of carbonyl (C=O) groups excluding carboxylic acids is 6. The van der Waals surface area contributed by atoms with Crippen LogP contribution in [0.15, 0.2) is 121 Å². The highest BCUT2D eigenvalue weighted by atomic mass is 32.2. The van der Waals surface area contributed by atoms with E-state index in [2.05, 4.69) is 10.6 Å². The highest BCUT2D eigenvalue weighted by Gasteiger charge is 2.36. The van der Waals surface area contributed by atoms with Gasteiger partial charge in [-0.15, -0.1) is 0 Å². The van der Waals surface area contributed by atoms with Crippen LogP contribution in [0.1, 0.15) is 125 Å². The Labute approximate surface area is 558 Å². The van der Waals surface area contributed by atoms with E-state index in [1.807, 2.05) is 30.3 Å². The minimum absolute atomic E-state index is 0.0162. The Kier molecular flexibility index (Phi) is 37.0. The number of ketones is 4. The topological polar surface area (TPSA) is 395 Å². The molecule has 0 aliphatic carbocycles. The van der Waals surface area contributed by atoms with Gasteiger partial charge in [-0.2, -0.15) is 12.9 Å². The van der Waals surface area contributed by atoms with E-state index in [4.69, 9.17) is 34.4 Å². The minimum Gasteiger partial charge on any atom is -0.352 e. The molecule has 0 aromatic heterocycles. The lowest BCUT2D eigenvalue weighted by atomic mass is 9.90. The van der Waals surface area contributed by atoms with Crippen LogP contribution >= 0.6 is 0 Å². The summed E-state index contributed by atoms with van der Waals surface area (Å²) in [7, 11) is -12.7. The van der Waals surface area contributed by atoms with E-state index >= 15 is 0 Å². The Morgan fingerprint density at radius 1 is 0.436 bits per heavy atom. The van der Waals surface area contributed by atoms with Gasteiger partial charge >= 0.3 is 0 Å². The maximum Gasteiger partial charge on any atom is 0.235 e. The first-order valence-electron chi connectivity index (χ1n) is 32.9. The van der Waals surface area contributed by atoms with Gasteiger partial charge in [0.05, 0.1) is 49.0 Å². The zero-order valence-electron chi connectivity index (χ0n) is 54.9. The summed E-state index contributed by atoms with van der Waals surface area (Å²) in [5.41, 5.74) is 37.9. The van der Waals surface area contributed by atoms with Crippen LogP contribution in [0.4, 0.5) is 0 Å². The van der Waals surface area contributed by atoms with Gasteiger partial charge in [0.25, 0.3) is 0 Å². The summed E-state index contributed by atoms with van der Waals surface area (Å²) in [6.07, 6.45) is 4.84. The molecule has 2 amide bonds. The van der Waals surface area contributed by atoms with Crippen molar-refractivity contribution >= 4 is 65.0 Å². The summed E-state index contributed by atoms with van der Waals surface area (Å²) in [6, 6.07) is 31.9. The lowest BCUT2D eigenvalue weighted by Gasteiger charge is -2.30. The van der Waals surface area contributed by atoms with Crippen molar-refractivity contribution in [2.24, 2.45) is 52.2 Å². The summed E-state index contributed by atoms with van der Waals surface area (Å²) in [5.74, 6) is -6.89. The van der Waals surface area contributed by atoms with Crippen molar-refractivity contribution in [3.8, 4) is 0 Å². The molecule has 0 aliphatic heterocycles. The summed E-state index contributed by atoms with van der Waals surface area (Å²) in [4.78, 5) is 85.3. The van der Waals surface area contributed by atoms with Gasteiger partial charge in [0, 0.05) is 57.4 Å². The third kappa shape index (κ3) is 30.8. The molecule has 0 saturated heterocycles. The normalized spacial score (nSPS) is 14.1. The second-order valence-electron chi connectivity index (χ2n) is 24.6. The highest BCUT2D eigenvalue weighted by molar-refractivity contribution is 7.89. The summed E-state index contributed by atoms with van der Waals surface area (Å²) in [5, 5.41) is 5.85. The summed E-state index contributed by atoms with van der Waals surface area (Å²) >= 11 is 0. The quantitative estimate of drug-likeness (QED) is 0.0291. The van der Waals surface area contributed by atoms with Crippen molar-refractivity contribution in [3.05, 3.63) is 144 Å². The van der Waals surface area contributed by atoms with Crippen molar-refractivity contribution in [2.45, 2.75) is 146 Å². The average molecular weight is 1360 g/mol. The Morgan fingerprint density at radius 2 is 0.872 bits per heavy atom. The van der Waals surface area contributed by atoms with Crippen LogP contribution in [0.2, 0.25) is 0 Å². The molecule has 26 heteroatoms. The number of Topliss-reactive ketones (excluding diaryl/α,β-unsaturated/α-hetero) is 4. The number of benzene rings is 4. The largest absolute Gasteiger partial charge is 0.352 e. The first kappa shape index (κ1) is 80.4. The van der Waals surface area contributed by atoms with Gasteiger partial charge in [0.15, 0.2) is 5.78 Å². The minimum atomic E-state index is -4.44. The number of amides is 2. The molecule has 6 atom stereocenters. The molecule has 0 saturated carbocycles. The van der Waals surface area contributed by atoms with Crippen LogP contribution in [0, 0.1) is 17.8 Å². The van der Waals surface area contributed by atoms with Crippen molar-refractivity contribution in [3.63, 3.8) is 0 Å². The van der Waals surface area contributed by atoms with E-state index in [1.165, 1.54) is 6.92 Å². The lowest BCUT2D eigenvalue weighted by molar-refractivity contribution is -0.130. The maximum absolute atomic E-state index is 15.0. The monoisotopic (exact) mass is 1360 g/mol.